The Hall–Kier alpha value is -5.50. The van der Waals surface area contributed by atoms with Gasteiger partial charge < -0.3 is 64.0 Å². The largest absolute Gasteiger partial charge is 0.508 e. The number of amides is 6. The number of carbonyl (C=O) groups excluding carboxylic acids is 6. The normalized spacial score (nSPS) is 17.0. The standard InChI is InChI=1S/C37H60N10O10/c1-19(2)16-26(44-33(53)28-9-7-15-47(28)35(55)21(5)42-30(50)24(38)18-48)32(52)43-25(8-6-14-41-37(39)40)31(51)46-29(20(3)4)34(54)45-27(36(56)57)17-22-10-12-23(49)13-11-22/h10-13,19-21,24-29,48-49H,6-9,14-18,38H2,1-5H3,(H,42,50)(H,43,52)(H,44,53)(H,45,54)(H,46,51)(H,56,57)(H4,39,40,41)/t21-,24-,25-,26-,27-,28-,29-/m0/s1. The molecule has 0 aliphatic carbocycles. The molecule has 57 heavy (non-hydrogen) atoms. The highest BCUT2D eigenvalue weighted by atomic mass is 16.4. The highest BCUT2D eigenvalue weighted by Crippen LogP contribution is 2.20. The predicted octanol–water partition coefficient (Wildman–Crippen LogP) is -2.47. The zero-order valence-electron chi connectivity index (χ0n) is 33.2. The summed E-state index contributed by atoms with van der Waals surface area (Å²) in [6, 6.07) is -2.42. The average molecular weight is 805 g/mol. The van der Waals surface area contributed by atoms with Crippen LogP contribution in [-0.2, 0) is 40.0 Å². The van der Waals surface area contributed by atoms with Crippen LogP contribution in [0.5, 0.6) is 5.75 Å². The molecule has 1 fully saturated rings. The number of hydrogen-bond donors (Lipinski definition) is 11. The third kappa shape index (κ3) is 15.5. The van der Waals surface area contributed by atoms with Crippen molar-refractivity contribution in [1.82, 2.24) is 31.5 Å². The van der Waals surface area contributed by atoms with E-state index in [1.807, 2.05) is 13.8 Å². The first-order valence-electron chi connectivity index (χ1n) is 19.0. The third-order valence-electron chi connectivity index (χ3n) is 9.26. The molecule has 0 aromatic heterocycles. The molecule has 0 radical (unpaired) electrons. The van der Waals surface area contributed by atoms with Crippen LogP contribution >= 0.6 is 0 Å². The summed E-state index contributed by atoms with van der Waals surface area (Å²) >= 11 is 0. The number of carbonyl (C=O) groups is 7. The summed E-state index contributed by atoms with van der Waals surface area (Å²) in [5, 5.41) is 41.6. The predicted molar refractivity (Wildman–Crippen MR) is 209 cm³/mol. The van der Waals surface area contributed by atoms with E-state index in [4.69, 9.17) is 22.3 Å². The van der Waals surface area contributed by atoms with Gasteiger partial charge in [0.05, 0.1) is 6.61 Å². The summed E-state index contributed by atoms with van der Waals surface area (Å²) < 4.78 is 0. The number of aliphatic hydroxyl groups is 1. The van der Waals surface area contributed by atoms with E-state index in [9.17, 15) is 43.8 Å². The van der Waals surface area contributed by atoms with Crippen molar-refractivity contribution in [2.24, 2.45) is 34.0 Å². The molecule has 318 valence electrons. The summed E-state index contributed by atoms with van der Waals surface area (Å²) in [6.45, 7) is 8.09. The number of nitrogens with two attached hydrogens (primary N) is 3. The lowest BCUT2D eigenvalue weighted by atomic mass is 9.99. The molecular weight excluding hydrogens is 744 g/mol. The number of nitrogens with one attached hydrogen (secondary N) is 5. The van der Waals surface area contributed by atoms with Crippen LogP contribution in [0.1, 0.15) is 72.3 Å². The molecule has 0 spiro atoms. The Balaban J connectivity index is 2.27. The molecule has 20 heteroatoms. The summed E-state index contributed by atoms with van der Waals surface area (Å²) in [6.07, 6.45) is 1.05. The van der Waals surface area contributed by atoms with E-state index in [0.29, 0.717) is 12.0 Å². The molecule has 6 amide bonds. The van der Waals surface area contributed by atoms with Crippen molar-refractivity contribution in [2.75, 3.05) is 19.7 Å². The number of phenolic OH excluding ortho intramolecular Hbond substituents is 1. The summed E-state index contributed by atoms with van der Waals surface area (Å²) in [7, 11) is 0. The Morgan fingerprint density at radius 1 is 0.842 bits per heavy atom. The highest BCUT2D eigenvalue weighted by molar-refractivity contribution is 5.97. The van der Waals surface area contributed by atoms with Crippen molar-refractivity contribution in [3.8, 4) is 5.75 Å². The molecule has 0 unspecified atom stereocenters. The van der Waals surface area contributed by atoms with Crippen molar-refractivity contribution in [3.05, 3.63) is 29.8 Å². The average Bonchev–Trinajstić information content (AvgIpc) is 3.64. The lowest BCUT2D eigenvalue weighted by Crippen LogP contribution is -2.60. The van der Waals surface area contributed by atoms with E-state index in [1.54, 1.807) is 13.8 Å². The third-order valence-corrected chi connectivity index (χ3v) is 9.26. The molecule has 1 saturated heterocycles. The number of phenols is 1. The Bertz CT molecular complexity index is 1580. The number of likely N-dealkylation sites (tertiary alicyclic amines) is 1. The maximum atomic E-state index is 13.9. The zero-order chi connectivity index (χ0) is 43.0. The highest BCUT2D eigenvalue weighted by Gasteiger charge is 2.39. The van der Waals surface area contributed by atoms with E-state index < -0.39 is 96.2 Å². The van der Waals surface area contributed by atoms with E-state index in [1.165, 1.54) is 36.1 Å². The van der Waals surface area contributed by atoms with Crippen molar-refractivity contribution >= 4 is 47.4 Å². The topological polar surface area (TPSA) is 334 Å². The van der Waals surface area contributed by atoms with Crippen LogP contribution in [0.4, 0.5) is 0 Å². The van der Waals surface area contributed by atoms with Gasteiger partial charge >= 0.3 is 5.97 Å². The number of rotatable bonds is 22. The lowest BCUT2D eigenvalue weighted by Gasteiger charge is -2.30. The van der Waals surface area contributed by atoms with Crippen LogP contribution < -0.4 is 43.8 Å². The number of carboxylic acids is 1. The first kappa shape index (κ1) is 47.7. The molecular formula is C37H60N10O10. The van der Waals surface area contributed by atoms with Gasteiger partial charge in [0.25, 0.3) is 0 Å². The van der Waals surface area contributed by atoms with Gasteiger partial charge in [-0.25, -0.2) is 4.79 Å². The van der Waals surface area contributed by atoms with Crippen LogP contribution in [0.15, 0.2) is 29.3 Å². The van der Waals surface area contributed by atoms with Crippen molar-refractivity contribution in [3.63, 3.8) is 0 Å². The van der Waals surface area contributed by atoms with Crippen LogP contribution in [0, 0.1) is 11.8 Å². The minimum Gasteiger partial charge on any atom is -0.508 e. The van der Waals surface area contributed by atoms with E-state index in [0.717, 1.165) is 0 Å². The number of aliphatic hydroxyl groups excluding tert-OH is 1. The van der Waals surface area contributed by atoms with Crippen LogP contribution in [0.2, 0.25) is 0 Å². The van der Waals surface area contributed by atoms with Gasteiger partial charge in [-0.1, -0.05) is 39.8 Å². The Labute approximate surface area is 332 Å². The number of benzene rings is 1. The zero-order valence-corrected chi connectivity index (χ0v) is 33.2. The summed E-state index contributed by atoms with van der Waals surface area (Å²) in [5.74, 6) is -6.29. The molecule has 2 rings (SSSR count). The molecule has 14 N–H and O–H groups in total. The second-order valence-corrected chi connectivity index (χ2v) is 14.9. The maximum absolute atomic E-state index is 13.9. The molecule has 1 aliphatic rings. The van der Waals surface area contributed by atoms with Gasteiger partial charge in [-0.05, 0) is 68.6 Å². The molecule has 1 aliphatic heterocycles. The Morgan fingerprint density at radius 2 is 1.46 bits per heavy atom. The van der Waals surface area contributed by atoms with Gasteiger partial charge in [-0.2, -0.15) is 0 Å². The second-order valence-electron chi connectivity index (χ2n) is 14.9. The minimum atomic E-state index is -1.37. The Kier molecular flexibility index (Phi) is 19.1. The second kappa shape index (κ2) is 22.9. The number of guanidine groups is 1. The van der Waals surface area contributed by atoms with E-state index >= 15 is 0 Å². The van der Waals surface area contributed by atoms with Crippen molar-refractivity contribution in [1.29, 1.82) is 0 Å². The summed E-state index contributed by atoms with van der Waals surface area (Å²) in [4.78, 5) is 97.7. The lowest BCUT2D eigenvalue weighted by molar-refractivity contribution is -0.142. The van der Waals surface area contributed by atoms with Crippen LogP contribution in [-0.4, -0.2) is 130 Å². The van der Waals surface area contributed by atoms with E-state index in [2.05, 4.69) is 31.6 Å². The number of carboxylic acid groups (broad SMARTS) is 1. The van der Waals surface area contributed by atoms with Gasteiger partial charge in [0.2, 0.25) is 35.4 Å². The number of aliphatic imine (C=N–C) groups is 1. The molecule has 0 bridgehead atoms. The quantitative estimate of drug-likeness (QED) is 0.0329. The van der Waals surface area contributed by atoms with Crippen LogP contribution in [0.3, 0.4) is 0 Å². The van der Waals surface area contributed by atoms with Gasteiger partial charge in [-0.3, -0.25) is 33.8 Å². The number of aromatic hydroxyl groups is 1. The number of hydrogen-bond acceptors (Lipinski definition) is 11. The SMILES string of the molecule is CC(C)C[C@H](NC(=O)[C@@H]1CCCN1C(=O)[C@H](C)NC(=O)[C@@H](N)CO)C(=O)N[C@@H](CCCN=C(N)N)C(=O)N[C@H](C(=O)N[C@@H](Cc1ccc(O)cc1)C(=O)O)C(C)C. The fourth-order valence-corrected chi connectivity index (χ4v) is 6.15. The number of aliphatic carboxylic acids is 1. The molecule has 1 heterocycles. The Morgan fingerprint density at radius 3 is 2.02 bits per heavy atom. The fourth-order valence-electron chi connectivity index (χ4n) is 6.15. The molecule has 0 saturated carbocycles. The van der Waals surface area contributed by atoms with Gasteiger partial charge in [0.15, 0.2) is 5.96 Å². The molecule has 1 aromatic carbocycles. The smallest absolute Gasteiger partial charge is 0.326 e. The maximum Gasteiger partial charge on any atom is 0.326 e. The minimum absolute atomic E-state index is 0.0101. The van der Waals surface area contributed by atoms with Crippen molar-refractivity contribution in [2.45, 2.75) is 115 Å². The monoisotopic (exact) mass is 804 g/mol. The van der Waals surface area contributed by atoms with Gasteiger partial charge in [0.1, 0.15) is 48.0 Å². The van der Waals surface area contributed by atoms with Gasteiger partial charge in [-0.15, -0.1) is 0 Å². The molecule has 20 nitrogen and oxygen atoms in total. The number of nitrogens with zero attached hydrogens (tertiary/aromatic N) is 2. The van der Waals surface area contributed by atoms with Gasteiger partial charge in [0, 0.05) is 19.5 Å². The van der Waals surface area contributed by atoms with E-state index in [-0.39, 0.29) is 62.8 Å². The molecule has 1 aromatic rings. The summed E-state index contributed by atoms with van der Waals surface area (Å²) in [5.41, 5.74) is 17.0. The fraction of sp³-hybridized carbons (Fsp3) is 0.622. The first-order valence-corrected chi connectivity index (χ1v) is 19.0. The molecule has 7 atom stereocenters. The van der Waals surface area contributed by atoms with Crippen molar-refractivity contribution < 1.29 is 48.9 Å². The first-order chi connectivity index (χ1) is 26.7. The van der Waals surface area contributed by atoms with Crippen LogP contribution in [0.25, 0.3) is 0 Å².